The van der Waals surface area contributed by atoms with E-state index in [9.17, 15) is 13.6 Å². The van der Waals surface area contributed by atoms with Crippen molar-refractivity contribution in [1.29, 1.82) is 0 Å². The molecule has 1 amide bonds. The minimum atomic E-state index is -2.87. The maximum Gasteiger partial charge on any atom is 0.407 e. The lowest BCUT2D eigenvalue weighted by Crippen LogP contribution is -2.34. The summed E-state index contributed by atoms with van der Waals surface area (Å²) in [4.78, 5) is 11.2. The molecule has 1 aliphatic carbocycles. The van der Waals surface area contributed by atoms with E-state index in [1.54, 1.807) is 20.8 Å². The van der Waals surface area contributed by atoms with Crippen LogP contribution in [0.3, 0.4) is 0 Å². The zero-order valence-electron chi connectivity index (χ0n) is 9.59. The summed E-state index contributed by atoms with van der Waals surface area (Å²) in [6.07, 6.45) is -0.716. The number of nitrogens with one attached hydrogen (secondary N) is 1. The molecule has 0 radical (unpaired) electrons. The molecule has 1 saturated carbocycles. The lowest BCUT2D eigenvalue weighted by Gasteiger charge is -2.19. The molecule has 0 bridgehead atoms. The first-order valence-corrected chi connectivity index (χ1v) is 5.14. The van der Waals surface area contributed by atoms with Gasteiger partial charge in [0.25, 0.3) is 5.92 Å². The molecule has 1 aliphatic rings. The van der Waals surface area contributed by atoms with Gasteiger partial charge in [0.1, 0.15) is 5.60 Å². The number of carbonyl (C=O) groups is 1. The number of halogens is 2. The van der Waals surface area contributed by atoms with Crippen LogP contribution < -0.4 is 5.32 Å². The molecule has 0 spiro atoms. The van der Waals surface area contributed by atoms with Crippen molar-refractivity contribution in [2.75, 3.05) is 13.2 Å². The third kappa shape index (κ3) is 3.04. The smallest absolute Gasteiger partial charge is 0.407 e. The largest absolute Gasteiger partial charge is 0.444 e. The summed E-state index contributed by atoms with van der Waals surface area (Å²) in [5, 5.41) is 10.9. The van der Waals surface area contributed by atoms with Gasteiger partial charge in [-0.1, -0.05) is 0 Å². The second kappa shape index (κ2) is 4.16. The Hall–Kier alpha value is -0.910. The summed E-state index contributed by atoms with van der Waals surface area (Å²) in [7, 11) is 0. The van der Waals surface area contributed by atoms with Crippen molar-refractivity contribution in [1.82, 2.24) is 5.32 Å². The number of alkyl halides is 2. The van der Waals surface area contributed by atoms with Gasteiger partial charge in [-0.25, -0.2) is 13.6 Å². The highest BCUT2D eigenvalue weighted by Crippen LogP contribution is 2.54. The third-order valence-corrected chi connectivity index (χ3v) is 2.43. The molecule has 0 aromatic heterocycles. The number of carbonyl (C=O) groups excluding carboxylic acids is 1. The van der Waals surface area contributed by atoms with Crippen molar-refractivity contribution >= 4 is 6.09 Å². The summed E-state index contributed by atoms with van der Waals surface area (Å²) >= 11 is 0. The van der Waals surface area contributed by atoms with Gasteiger partial charge in [-0.3, -0.25) is 0 Å². The molecule has 4 nitrogen and oxygen atoms in total. The molecule has 2 N–H and O–H groups in total. The Bertz CT molecular complexity index is 276. The number of ether oxygens (including phenoxy) is 1. The first-order chi connectivity index (χ1) is 7.18. The predicted octanol–water partition coefficient (Wildman–Crippen LogP) is 1.38. The molecule has 1 fully saturated rings. The Morgan fingerprint density at radius 2 is 2.00 bits per heavy atom. The maximum absolute atomic E-state index is 12.9. The highest BCUT2D eigenvalue weighted by Gasteiger charge is 2.67. The van der Waals surface area contributed by atoms with Gasteiger partial charge < -0.3 is 15.2 Å². The minimum Gasteiger partial charge on any atom is -0.444 e. The van der Waals surface area contributed by atoms with Crippen LogP contribution in [0.2, 0.25) is 0 Å². The normalized spacial score (nSPS) is 27.4. The molecule has 0 saturated heterocycles. The predicted molar refractivity (Wildman–Crippen MR) is 53.2 cm³/mol. The molecule has 0 heterocycles. The lowest BCUT2D eigenvalue weighted by atomic mass is 10.2. The quantitative estimate of drug-likeness (QED) is 0.779. The average molecular weight is 237 g/mol. The van der Waals surface area contributed by atoms with Crippen LogP contribution in [0.4, 0.5) is 13.6 Å². The van der Waals surface area contributed by atoms with Crippen LogP contribution in [0.5, 0.6) is 0 Å². The summed E-state index contributed by atoms with van der Waals surface area (Å²) in [5.74, 6) is -4.89. The Morgan fingerprint density at radius 3 is 2.38 bits per heavy atom. The highest BCUT2D eigenvalue weighted by atomic mass is 19.3. The van der Waals surface area contributed by atoms with Crippen molar-refractivity contribution in [2.24, 2.45) is 11.8 Å². The van der Waals surface area contributed by atoms with E-state index >= 15 is 0 Å². The Kier molecular flexibility index (Phi) is 3.42. The van der Waals surface area contributed by atoms with E-state index in [4.69, 9.17) is 9.84 Å². The van der Waals surface area contributed by atoms with Crippen molar-refractivity contribution in [3.05, 3.63) is 0 Å². The molecule has 1 rings (SSSR count). The summed E-state index contributed by atoms with van der Waals surface area (Å²) in [6, 6.07) is 0. The van der Waals surface area contributed by atoms with Crippen molar-refractivity contribution in [3.8, 4) is 0 Å². The molecular weight excluding hydrogens is 220 g/mol. The molecule has 2 atom stereocenters. The fraction of sp³-hybridized carbons (Fsp3) is 0.900. The van der Waals surface area contributed by atoms with Gasteiger partial charge >= 0.3 is 6.09 Å². The molecular formula is C10H17F2NO3. The highest BCUT2D eigenvalue weighted by molar-refractivity contribution is 5.67. The molecule has 6 heteroatoms. The topological polar surface area (TPSA) is 58.6 Å². The zero-order valence-corrected chi connectivity index (χ0v) is 9.59. The Balaban J connectivity index is 2.29. The summed E-state index contributed by atoms with van der Waals surface area (Å²) in [6.45, 7) is 4.33. The van der Waals surface area contributed by atoms with E-state index < -0.39 is 36.1 Å². The molecule has 0 aliphatic heterocycles. The van der Waals surface area contributed by atoms with Crippen molar-refractivity contribution in [3.63, 3.8) is 0 Å². The molecule has 0 unspecified atom stereocenters. The van der Waals surface area contributed by atoms with E-state index in [1.165, 1.54) is 0 Å². The Morgan fingerprint density at radius 1 is 1.44 bits per heavy atom. The second-order valence-electron chi connectivity index (χ2n) is 4.95. The van der Waals surface area contributed by atoms with Crippen LogP contribution in [0, 0.1) is 11.8 Å². The number of hydrogen-bond donors (Lipinski definition) is 2. The number of hydrogen-bond acceptors (Lipinski definition) is 3. The molecule has 16 heavy (non-hydrogen) atoms. The van der Waals surface area contributed by atoms with Gasteiger partial charge in [0.15, 0.2) is 0 Å². The van der Waals surface area contributed by atoms with Gasteiger partial charge in [-0.05, 0) is 20.8 Å². The van der Waals surface area contributed by atoms with Crippen LogP contribution in [0.25, 0.3) is 0 Å². The van der Waals surface area contributed by atoms with E-state index in [2.05, 4.69) is 5.32 Å². The first-order valence-electron chi connectivity index (χ1n) is 5.14. The zero-order chi connectivity index (χ0) is 12.6. The van der Waals surface area contributed by atoms with Crippen molar-refractivity contribution < 1.29 is 23.4 Å². The van der Waals surface area contributed by atoms with Crippen LogP contribution in [-0.4, -0.2) is 35.9 Å². The number of alkyl carbamates (subject to hydrolysis) is 1. The summed E-state index contributed by atoms with van der Waals surface area (Å²) < 4.78 is 30.7. The lowest BCUT2D eigenvalue weighted by molar-refractivity contribution is 0.0504. The van der Waals surface area contributed by atoms with E-state index in [-0.39, 0.29) is 6.54 Å². The van der Waals surface area contributed by atoms with Gasteiger partial charge in [-0.2, -0.15) is 0 Å². The average Bonchev–Trinajstić information content (AvgIpc) is 2.60. The van der Waals surface area contributed by atoms with Crippen molar-refractivity contribution in [2.45, 2.75) is 32.3 Å². The van der Waals surface area contributed by atoms with Gasteiger partial charge in [-0.15, -0.1) is 0 Å². The molecule has 0 aromatic rings. The van der Waals surface area contributed by atoms with E-state index in [0.717, 1.165) is 0 Å². The standard InChI is InChI=1S/C10H17F2NO3/c1-9(2,3)16-8(15)13-4-6-7(5-14)10(6,11)12/h6-7,14H,4-5H2,1-3H3,(H,13,15)/t6-,7+/m1/s1. The van der Waals surface area contributed by atoms with Crippen LogP contribution in [-0.2, 0) is 4.74 Å². The number of aliphatic hydroxyl groups is 1. The SMILES string of the molecule is CC(C)(C)OC(=O)NC[C@@H]1[C@H](CO)C1(F)F. The van der Waals surface area contributed by atoms with Gasteiger partial charge in [0.05, 0.1) is 18.4 Å². The van der Waals surface area contributed by atoms with Crippen LogP contribution >= 0.6 is 0 Å². The monoisotopic (exact) mass is 237 g/mol. The summed E-state index contributed by atoms with van der Waals surface area (Å²) in [5.41, 5.74) is -0.646. The number of amides is 1. The fourth-order valence-corrected chi connectivity index (χ4v) is 1.50. The van der Waals surface area contributed by atoms with Gasteiger partial charge in [0, 0.05) is 6.54 Å². The first kappa shape index (κ1) is 13.2. The molecule has 0 aromatic carbocycles. The van der Waals surface area contributed by atoms with Crippen LogP contribution in [0.15, 0.2) is 0 Å². The molecule has 94 valence electrons. The number of rotatable bonds is 3. The minimum absolute atomic E-state index is 0.173. The Labute approximate surface area is 93.0 Å². The fourth-order valence-electron chi connectivity index (χ4n) is 1.50. The van der Waals surface area contributed by atoms with Crippen LogP contribution in [0.1, 0.15) is 20.8 Å². The second-order valence-corrected chi connectivity index (χ2v) is 4.95. The van der Waals surface area contributed by atoms with E-state index in [1.807, 2.05) is 0 Å². The third-order valence-electron chi connectivity index (χ3n) is 2.43. The maximum atomic E-state index is 12.9. The number of aliphatic hydroxyl groups excluding tert-OH is 1. The van der Waals surface area contributed by atoms with Gasteiger partial charge in [0.2, 0.25) is 0 Å². The van der Waals surface area contributed by atoms with E-state index in [0.29, 0.717) is 0 Å².